The maximum atomic E-state index is 6.20. The van der Waals surface area contributed by atoms with Crippen molar-refractivity contribution in [2.45, 2.75) is 19.4 Å². The van der Waals surface area contributed by atoms with Crippen molar-refractivity contribution in [2.75, 3.05) is 6.54 Å². The molecule has 0 radical (unpaired) electrons. The lowest BCUT2D eigenvalue weighted by atomic mass is 10.0. The van der Waals surface area contributed by atoms with Crippen molar-refractivity contribution >= 4 is 34.7 Å². The van der Waals surface area contributed by atoms with E-state index in [1.807, 2.05) is 18.2 Å². The van der Waals surface area contributed by atoms with E-state index in [2.05, 4.69) is 21.8 Å². The van der Waals surface area contributed by atoms with Gasteiger partial charge in [-0.1, -0.05) is 40.7 Å². The summed E-state index contributed by atoms with van der Waals surface area (Å²) in [6.07, 6.45) is 2.51. The highest BCUT2D eigenvalue weighted by Gasteiger charge is 2.17. The highest BCUT2D eigenvalue weighted by molar-refractivity contribution is 7.05. The monoisotopic (exact) mass is 301 g/mol. The molecule has 6 heteroatoms. The Labute approximate surface area is 120 Å². The zero-order chi connectivity index (χ0) is 13.0. The van der Waals surface area contributed by atoms with E-state index >= 15 is 0 Å². The fourth-order valence-electron chi connectivity index (χ4n) is 1.78. The van der Waals surface area contributed by atoms with Crippen LogP contribution in [0.1, 0.15) is 23.4 Å². The lowest BCUT2D eigenvalue weighted by Crippen LogP contribution is -2.22. The van der Waals surface area contributed by atoms with Gasteiger partial charge in [0.1, 0.15) is 0 Å². The van der Waals surface area contributed by atoms with Gasteiger partial charge in [0.05, 0.1) is 11.1 Å². The molecule has 1 aromatic carbocycles. The molecule has 2 aromatic rings. The van der Waals surface area contributed by atoms with Gasteiger partial charge in [0.25, 0.3) is 0 Å². The Balaban J connectivity index is 2.24. The van der Waals surface area contributed by atoms with Crippen LogP contribution in [-0.2, 0) is 6.42 Å². The first-order valence-corrected chi connectivity index (χ1v) is 7.18. The SMILES string of the molecule is CCNC(Cc1c(Cl)cccc1Cl)c1cnns1. The first-order valence-electron chi connectivity index (χ1n) is 5.66. The summed E-state index contributed by atoms with van der Waals surface area (Å²) in [4.78, 5) is 1.09. The summed E-state index contributed by atoms with van der Waals surface area (Å²) in [6, 6.07) is 5.71. The van der Waals surface area contributed by atoms with Crippen LogP contribution >= 0.6 is 34.7 Å². The molecule has 0 spiro atoms. The predicted octanol–water partition coefficient (Wildman–Crippen LogP) is 3.74. The summed E-state index contributed by atoms with van der Waals surface area (Å²) in [7, 11) is 0. The second-order valence-corrected chi connectivity index (χ2v) is 5.47. The summed E-state index contributed by atoms with van der Waals surface area (Å²) in [5.74, 6) is 0. The minimum Gasteiger partial charge on any atom is -0.309 e. The molecule has 1 N–H and O–H groups in total. The number of halogens is 2. The topological polar surface area (TPSA) is 37.8 Å². The van der Waals surface area contributed by atoms with E-state index < -0.39 is 0 Å². The molecule has 1 atom stereocenters. The van der Waals surface area contributed by atoms with Crippen LogP contribution in [0.15, 0.2) is 24.4 Å². The maximum absolute atomic E-state index is 6.20. The van der Waals surface area contributed by atoms with Gasteiger partial charge in [-0.15, -0.1) is 5.10 Å². The largest absolute Gasteiger partial charge is 0.309 e. The Hall–Kier alpha value is -0.680. The average molecular weight is 302 g/mol. The van der Waals surface area contributed by atoms with Crippen LogP contribution in [0, 0.1) is 0 Å². The second kappa shape index (κ2) is 6.48. The van der Waals surface area contributed by atoms with Gasteiger partial charge in [0.2, 0.25) is 0 Å². The summed E-state index contributed by atoms with van der Waals surface area (Å²) in [5, 5.41) is 8.67. The maximum Gasteiger partial charge on any atom is 0.0669 e. The molecule has 96 valence electrons. The molecule has 18 heavy (non-hydrogen) atoms. The quantitative estimate of drug-likeness (QED) is 0.914. The molecule has 0 fully saturated rings. The molecule has 0 aliphatic carbocycles. The lowest BCUT2D eigenvalue weighted by Gasteiger charge is -2.17. The average Bonchev–Trinajstić information content (AvgIpc) is 2.86. The minimum absolute atomic E-state index is 0.146. The fraction of sp³-hybridized carbons (Fsp3) is 0.333. The molecule has 0 saturated carbocycles. The van der Waals surface area contributed by atoms with E-state index in [9.17, 15) is 0 Å². The molecule has 0 amide bonds. The van der Waals surface area contributed by atoms with Gasteiger partial charge in [-0.2, -0.15) is 0 Å². The van der Waals surface area contributed by atoms with Crippen molar-refractivity contribution in [2.24, 2.45) is 0 Å². The number of benzene rings is 1. The van der Waals surface area contributed by atoms with Gasteiger partial charge in [-0.3, -0.25) is 0 Å². The number of aromatic nitrogens is 2. The lowest BCUT2D eigenvalue weighted by molar-refractivity contribution is 0.557. The van der Waals surface area contributed by atoms with Crippen LogP contribution < -0.4 is 5.32 Å². The van der Waals surface area contributed by atoms with Crippen LogP contribution in [0.2, 0.25) is 10.0 Å². The number of hydrogen-bond acceptors (Lipinski definition) is 4. The van der Waals surface area contributed by atoms with Gasteiger partial charge in [-0.05, 0) is 42.2 Å². The van der Waals surface area contributed by atoms with Gasteiger partial charge >= 0.3 is 0 Å². The first kappa shape index (κ1) is 13.7. The Morgan fingerprint density at radius 1 is 1.33 bits per heavy atom. The molecule has 0 aliphatic rings. The summed E-state index contributed by atoms with van der Waals surface area (Å²) in [6.45, 7) is 2.93. The van der Waals surface area contributed by atoms with E-state index in [0.717, 1.165) is 23.4 Å². The molecule has 3 nitrogen and oxygen atoms in total. The molecule has 1 aromatic heterocycles. The fourth-order valence-corrected chi connectivity index (χ4v) is 2.91. The normalized spacial score (nSPS) is 12.6. The first-order chi connectivity index (χ1) is 8.72. The number of nitrogens with one attached hydrogen (secondary N) is 1. The Morgan fingerprint density at radius 3 is 2.61 bits per heavy atom. The van der Waals surface area contributed by atoms with Gasteiger partial charge in [0, 0.05) is 16.1 Å². The molecule has 1 unspecified atom stereocenters. The summed E-state index contributed by atoms with van der Waals surface area (Å²) >= 11 is 13.8. The highest BCUT2D eigenvalue weighted by Crippen LogP contribution is 2.29. The third-order valence-corrected chi connectivity index (χ3v) is 4.13. The third kappa shape index (κ3) is 3.20. The summed E-state index contributed by atoms with van der Waals surface area (Å²) in [5.41, 5.74) is 0.959. The van der Waals surface area contributed by atoms with Crippen LogP contribution in [0.3, 0.4) is 0 Å². The summed E-state index contributed by atoms with van der Waals surface area (Å²) < 4.78 is 3.90. The number of rotatable bonds is 5. The van der Waals surface area contributed by atoms with Crippen molar-refractivity contribution in [3.05, 3.63) is 44.9 Å². The van der Waals surface area contributed by atoms with Crippen molar-refractivity contribution in [1.82, 2.24) is 14.9 Å². The molecule has 2 rings (SSSR count). The van der Waals surface area contributed by atoms with Crippen molar-refractivity contribution in [3.63, 3.8) is 0 Å². The Morgan fingerprint density at radius 2 is 2.06 bits per heavy atom. The molecular weight excluding hydrogens is 289 g/mol. The molecular formula is C12H13Cl2N3S. The number of hydrogen-bond donors (Lipinski definition) is 1. The van der Waals surface area contributed by atoms with E-state index in [1.54, 1.807) is 6.20 Å². The highest BCUT2D eigenvalue weighted by atomic mass is 35.5. The molecule has 1 heterocycles. The standard InChI is InChI=1S/C12H13Cl2N3S/c1-2-15-11(12-7-16-17-18-12)6-8-9(13)4-3-5-10(8)14/h3-5,7,11,15H,2,6H2,1H3. The van der Waals surface area contributed by atoms with Crippen LogP contribution in [0.5, 0.6) is 0 Å². The third-order valence-electron chi connectivity index (χ3n) is 2.64. The molecule has 0 saturated heterocycles. The van der Waals surface area contributed by atoms with Crippen molar-refractivity contribution in [1.29, 1.82) is 0 Å². The minimum atomic E-state index is 0.146. The number of nitrogens with zero attached hydrogens (tertiary/aromatic N) is 2. The zero-order valence-electron chi connectivity index (χ0n) is 9.86. The van der Waals surface area contributed by atoms with Crippen molar-refractivity contribution < 1.29 is 0 Å². The van der Waals surface area contributed by atoms with Crippen LogP contribution in [-0.4, -0.2) is 16.1 Å². The smallest absolute Gasteiger partial charge is 0.0669 e. The van der Waals surface area contributed by atoms with Crippen molar-refractivity contribution in [3.8, 4) is 0 Å². The van der Waals surface area contributed by atoms with Crippen LogP contribution in [0.4, 0.5) is 0 Å². The van der Waals surface area contributed by atoms with E-state index in [4.69, 9.17) is 23.2 Å². The molecule has 0 aliphatic heterocycles. The Bertz CT molecular complexity index is 482. The Kier molecular flexibility index (Phi) is 4.95. The van der Waals surface area contributed by atoms with E-state index in [1.165, 1.54) is 11.5 Å². The second-order valence-electron chi connectivity index (χ2n) is 3.83. The predicted molar refractivity (Wildman–Crippen MR) is 76.5 cm³/mol. The van der Waals surface area contributed by atoms with Gasteiger partial charge < -0.3 is 5.32 Å². The van der Waals surface area contributed by atoms with E-state index in [-0.39, 0.29) is 6.04 Å². The number of likely N-dealkylation sites (N-methyl/N-ethyl adjacent to an activating group) is 1. The van der Waals surface area contributed by atoms with E-state index in [0.29, 0.717) is 10.0 Å². The van der Waals surface area contributed by atoms with Gasteiger partial charge in [-0.25, -0.2) is 0 Å². The van der Waals surface area contributed by atoms with Gasteiger partial charge in [0.15, 0.2) is 0 Å². The van der Waals surface area contributed by atoms with Crippen LogP contribution in [0.25, 0.3) is 0 Å². The zero-order valence-corrected chi connectivity index (χ0v) is 12.2. The molecule has 0 bridgehead atoms.